The van der Waals surface area contributed by atoms with Crippen molar-refractivity contribution in [3.05, 3.63) is 42.0 Å². The van der Waals surface area contributed by atoms with E-state index in [1.165, 1.54) is 51.7 Å². The number of methoxy groups -OCH3 is 3. The van der Waals surface area contributed by atoms with Gasteiger partial charge in [-0.15, -0.1) is 0 Å². The Hall–Kier alpha value is -2.98. The molecule has 2 aromatic rings. The molecule has 0 amide bonds. The topological polar surface area (TPSA) is 123 Å². The Balaban J connectivity index is 1.96. The zero-order chi connectivity index (χ0) is 20.7. The van der Waals surface area contributed by atoms with E-state index in [0.29, 0.717) is 11.5 Å². The zero-order valence-corrected chi connectivity index (χ0v) is 16.4. The molecule has 2 rings (SSSR count). The van der Waals surface area contributed by atoms with Crippen LogP contribution in [-0.2, 0) is 14.8 Å². The van der Waals surface area contributed by atoms with Crippen molar-refractivity contribution >= 4 is 16.0 Å². The van der Waals surface area contributed by atoms with Gasteiger partial charge in [-0.2, -0.15) is 0 Å². The van der Waals surface area contributed by atoms with E-state index in [1.807, 2.05) is 0 Å². The molecule has 0 fully saturated rings. The monoisotopic (exact) mass is 411 g/mol. The summed E-state index contributed by atoms with van der Waals surface area (Å²) in [6.07, 6.45) is 0. The fourth-order valence-electron chi connectivity index (χ4n) is 2.36. The predicted octanol–water partition coefficient (Wildman–Crippen LogP) is 1.60. The molecule has 0 heterocycles. The van der Waals surface area contributed by atoms with E-state index in [-0.39, 0.29) is 35.2 Å². The highest BCUT2D eigenvalue weighted by Gasteiger charge is 2.21. The number of rotatable bonds is 9. The van der Waals surface area contributed by atoms with Crippen molar-refractivity contribution in [2.75, 3.05) is 34.5 Å². The van der Waals surface area contributed by atoms with E-state index in [0.717, 1.165) is 0 Å². The van der Waals surface area contributed by atoms with Crippen molar-refractivity contribution in [2.45, 2.75) is 4.90 Å². The van der Waals surface area contributed by atoms with Crippen LogP contribution in [0, 0.1) is 0 Å². The second kappa shape index (κ2) is 9.29. The first-order valence-electron chi connectivity index (χ1n) is 8.03. The van der Waals surface area contributed by atoms with Crippen LogP contribution < -0.4 is 24.1 Å². The summed E-state index contributed by atoms with van der Waals surface area (Å²) in [7, 11) is 0.554. The number of carbonyl (C=O) groups excluding carboxylic acids is 1. The molecule has 0 spiro atoms. The second-order valence-electron chi connectivity index (χ2n) is 5.38. The molecule has 2 N–H and O–H groups in total. The van der Waals surface area contributed by atoms with E-state index in [1.54, 1.807) is 6.07 Å². The van der Waals surface area contributed by atoms with Gasteiger partial charge in [0, 0.05) is 0 Å². The SMILES string of the molecule is COc1ccc(C(=O)OCCOc2ccc(S(N)(=O)=O)cc2)c(OC)c1OC. The third-order valence-corrected chi connectivity index (χ3v) is 4.59. The third-order valence-electron chi connectivity index (χ3n) is 3.66. The first kappa shape index (κ1) is 21.3. The van der Waals surface area contributed by atoms with Crippen LogP contribution in [0.3, 0.4) is 0 Å². The van der Waals surface area contributed by atoms with E-state index in [2.05, 4.69) is 0 Å². The average Bonchev–Trinajstić information content (AvgIpc) is 2.69. The van der Waals surface area contributed by atoms with Gasteiger partial charge < -0.3 is 23.7 Å². The molecule has 0 aliphatic carbocycles. The Morgan fingerprint density at radius 2 is 1.54 bits per heavy atom. The lowest BCUT2D eigenvalue weighted by Gasteiger charge is -2.15. The first-order valence-corrected chi connectivity index (χ1v) is 9.58. The van der Waals surface area contributed by atoms with Gasteiger partial charge in [0.05, 0.1) is 26.2 Å². The van der Waals surface area contributed by atoms with Crippen LogP contribution >= 0.6 is 0 Å². The molecule has 0 atom stereocenters. The molecule has 0 radical (unpaired) electrons. The minimum absolute atomic E-state index is 0.0215. The number of benzene rings is 2. The van der Waals surface area contributed by atoms with Crippen molar-refractivity contribution in [1.29, 1.82) is 0 Å². The smallest absolute Gasteiger partial charge is 0.342 e. The summed E-state index contributed by atoms with van der Waals surface area (Å²) in [4.78, 5) is 12.3. The van der Waals surface area contributed by atoms with Crippen LogP contribution in [0.15, 0.2) is 41.3 Å². The summed E-state index contributed by atoms with van der Waals surface area (Å²) in [5, 5.41) is 5.03. The molecule has 9 nitrogen and oxygen atoms in total. The van der Waals surface area contributed by atoms with Gasteiger partial charge in [-0.1, -0.05) is 0 Å². The standard InChI is InChI=1S/C18H21NO8S/c1-23-15-9-8-14(16(24-2)17(15)25-3)18(20)27-11-10-26-12-4-6-13(7-5-12)28(19,21)22/h4-9H,10-11H2,1-3H3,(H2,19,21,22). The largest absolute Gasteiger partial charge is 0.493 e. The second-order valence-corrected chi connectivity index (χ2v) is 6.94. The molecule has 0 aliphatic heterocycles. The van der Waals surface area contributed by atoms with Crippen LogP contribution in [0.5, 0.6) is 23.0 Å². The van der Waals surface area contributed by atoms with Crippen molar-refractivity contribution in [3.8, 4) is 23.0 Å². The molecule has 28 heavy (non-hydrogen) atoms. The molecular weight excluding hydrogens is 390 g/mol. The van der Waals surface area contributed by atoms with Crippen LogP contribution in [-0.4, -0.2) is 48.9 Å². The summed E-state index contributed by atoms with van der Waals surface area (Å²) in [5.74, 6) is 0.692. The summed E-state index contributed by atoms with van der Waals surface area (Å²) < 4.78 is 48.7. The molecule has 0 aromatic heterocycles. The van der Waals surface area contributed by atoms with Gasteiger partial charge in [0.2, 0.25) is 15.8 Å². The highest BCUT2D eigenvalue weighted by atomic mass is 32.2. The number of sulfonamides is 1. The van der Waals surface area contributed by atoms with E-state index in [4.69, 9.17) is 28.8 Å². The van der Waals surface area contributed by atoms with Crippen LogP contribution in [0.4, 0.5) is 0 Å². The van der Waals surface area contributed by atoms with Gasteiger partial charge >= 0.3 is 5.97 Å². The van der Waals surface area contributed by atoms with Crippen LogP contribution in [0.25, 0.3) is 0 Å². The lowest BCUT2D eigenvalue weighted by Crippen LogP contribution is -2.14. The van der Waals surface area contributed by atoms with Gasteiger partial charge in [0.15, 0.2) is 11.5 Å². The van der Waals surface area contributed by atoms with Crippen molar-refractivity contribution in [1.82, 2.24) is 0 Å². The quantitative estimate of drug-likeness (QED) is 0.487. The van der Waals surface area contributed by atoms with E-state index < -0.39 is 16.0 Å². The van der Waals surface area contributed by atoms with Gasteiger partial charge in [-0.05, 0) is 36.4 Å². The summed E-state index contributed by atoms with van der Waals surface area (Å²) in [6.45, 7) is 0.0311. The van der Waals surface area contributed by atoms with Gasteiger partial charge in [-0.25, -0.2) is 18.4 Å². The molecular formula is C18H21NO8S. The Kier molecular flexibility index (Phi) is 7.07. The first-order chi connectivity index (χ1) is 13.3. The Morgan fingerprint density at radius 3 is 2.07 bits per heavy atom. The van der Waals surface area contributed by atoms with E-state index in [9.17, 15) is 13.2 Å². The summed E-state index contributed by atoms with van der Waals surface area (Å²) >= 11 is 0. The van der Waals surface area contributed by atoms with Gasteiger partial charge in [-0.3, -0.25) is 0 Å². The molecule has 10 heteroatoms. The van der Waals surface area contributed by atoms with Crippen molar-refractivity contribution in [3.63, 3.8) is 0 Å². The zero-order valence-electron chi connectivity index (χ0n) is 15.6. The maximum absolute atomic E-state index is 12.3. The highest BCUT2D eigenvalue weighted by molar-refractivity contribution is 7.89. The highest BCUT2D eigenvalue weighted by Crippen LogP contribution is 2.39. The Labute approximate surface area is 163 Å². The molecule has 0 aliphatic rings. The number of primary sulfonamides is 1. The predicted molar refractivity (Wildman–Crippen MR) is 99.7 cm³/mol. The normalized spacial score (nSPS) is 10.9. The van der Waals surface area contributed by atoms with Crippen molar-refractivity contribution in [2.24, 2.45) is 5.14 Å². The number of carbonyl (C=O) groups is 1. The Bertz CT molecular complexity index is 925. The maximum atomic E-state index is 12.3. The fraction of sp³-hybridized carbons (Fsp3) is 0.278. The molecule has 0 unspecified atom stereocenters. The molecule has 0 saturated heterocycles. The average molecular weight is 411 g/mol. The minimum Gasteiger partial charge on any atom is -0.493 e. The number of hydrogen-bond donors (Lipinski definition) is 1. The van der Waals surface area contributed by atoms with E-state index >= 15 is 0 Å². The third kappa shape index (κ3) is 5.05. The number of ether oxygens (including phenoxy) is 5. The lowest BCUT2D eigenvalue weighted by molar-refractivity contribution is 0.0446. The summed E-state index contributed by atoms with van der Waals surface area (Å²) in [5.41, 5.74) is 0.178. The van der Waals surface area contributed by atoms with Gasteiger partial charge in [0.1, 0.15) is 24.5 Å². The molecule has 0 bridgehead atoms. The van der Waals surface area contributed by atoms with Crippen LogP contribution in [0.1, 0.15) is 10.4 Å². The molecule has 2 aromatic carbocycles. The Morgan fingerprint density at radius 1 is 0.893 bits per heavy atom. The van der Waals surface area contributed by atoms with Gasteiger partial charge in [0.25, 0.3) is 0 Å². The minimum atomic E-state index is -3.76. The number of hydrogen-bond acceptors (Lipinski definition) is 8. The summed E-state index contributed by atoms with van der Waals surface area (Å²) in [6, 6.07) is 8.64. The number of esters is 1. The molecule has 152 valence electrons. The fourth-order valence-corrected chi connectivity index (χ4v) is 2.87. The number of nitrogens with two attached hydrogens (primary N) is 1. The van der Waals surface area contributed by atoms with Crippen LogP contribution in [0.2, 0.25) is 0 Å². The maximum Gasteiger partial charge on any atom is 0.342 e. The lowest BCUT2D eigenvalue weighted by atomic mass is 10.1. The molecule has 0 saturated carbocycles. The van der Waals surface area contributed by atoms with Crippen molar-refractivity contribution < 1.29 is 36.9 Å².